The summed E-state index contributed by atoms with van der Waals surface area (Å²) >= 11 is 6.37. The second-order valence-electron chi connectivity index (χ2n) is 3.14. The fourth-order valence-corrected chi connectivity index (χ4v) is 2.59. The largest absolute Gasteiger partial charge is 0.270 e. The summed E-state index contributed by atoms with van der Waals surface area (Å²) in [5.74, 6) is -0.482. The van der Waals surface area contributed by atoms with Crippen LogP contribution in [0.4, 0.5) is 10.1 Å². The lowest BCUT2D eigenvalue weighted by Gasteiger charge is -2.13. The van der Waals surface area contributed by atoms with E-state index < -0.39 is 0 Å². The first-order valence-electron chi connectivity index (χ1n) is 4.61. The Morgan fingerprint density at radius 2 is 2.00 bits per heavy atom. The van der Waals surface area contributed by atoms with Crippen molar-refractivity contribution in [1.82, 2.24) is 0 Å². The summed E-state index contributed by atoms with van der Waals surface area (Å²) in [6.07, 6.45) is 1.73. The molecule has 0 spiro atoms. The first kappa shape index (κ1) is 11.3. The van der Waals surface area contributed by atoms with Gasteiger partial charge in [0.1, 0.15) is 5.82 Å². The Morgan fingerprint density at radius 3 is 2.50 bits per heavy atom. The van der Waals surface area contributed by atoms with Gasteiger partial charge in [-0.2, -0.15) is 0 Å². The van der Waals surface area contributed by atoms with Crippen LogP contribution in [0.3, 0.4) is 0 Å². The van der Waals surface area contributed by atoms with Crippen molar-refractivity contribution in [2.45, 2.75) is 6.92 Å². The number of halogens is 1. The third-order valence-corrected chi connectivity index (χ3v) is 3.56. The highest BCUT2D eigenvalue weighted by Crippen LogP contribution is 2.34. The van der Waals surface area contributed by atoms with E-state index in [0.29, 0.717) is 14.9 Å². The second kappa shape index (κ2) is 4.35. The minimum absolute atomic E-state index is 0.149. The van der Waals surface area contributed by atoms with Gasteiger partial charge in [0.15, 0.2) is 4.32 Å². The summed E-state index contributed by atoms with van der Waals surface area (Å²) < 4.78 is 13.2. The molecule has 0 radical (unpaired) electrons. The number of thioether (sulfide) groups is 1. The Kier molecular flexibility index (Phi) is 3.07. The highest BCUT2D eigenvalue weighted by Gasteiger charge is 2.32. The van der Waals surface area contributed by atoms with Gasteiger partial charge in [0, 0.05) is 0 Å². The molecule has 1 fully saturated rings. The number of hydrogen-bond acceptors (Lipinski definition) is 3. The number of carbonyl (C=O) groups is 1. The molecule has 0 aromatic heterocycles. The number of nitrogens with zero attached hydrogens (tertiary/aromatic N) is 1. The molecule has 1 aliphatic rings. The number of benzene rings is 1. The van der Waals surface area contributed by atoms with E-state index >= 15 is 0 Å². The molecule has 2 nitrogen and oxygen atoms in total. The van der Waals surface area contributed by atoms with Gasteiger partial charge in [0.05, 0.1) is 10.6 Å². The average Bonchev–Trinajstić information content (AvgIpc) is 2.56. The number of hydrogen-bond donors (Lipinski definition) is 0. The van der Waals surface area contributed by atoms with E-state index in [1.54, 1.807) is 25.1 Å². The van der Waals surface area contributed by atoms with Crippen LogP contribution >= 0.6 is 24.0 Å². The lowest BCUT2D eigenvalue weighted by molar-refractivity contribution is -0.113. The molecule has 1 saturated heterocycles. The Balaban J connectivity index is 2.38. The van der Waals surface area contributed by atoms with Crippen LogP contribution in [0.15, 0.2) is 35.2 Å². The highest BCUT2D eigenvalue weighted by molar-refractivity contribution is 8.27. The van der Waals surface area contributed by atoms with Crippen LogP contribution < -0.4 is 4.90 Å². The van der Waals surface area contributed by atoms with Crippen LogP contribution in [-0.4, -0.2) is 10.2 Å². The van der Waals surface area contributed by atoms with Gasteiger partial charge in [-0.15, -0.1) is 0 Å². The molecular weight excluding hydrogens is 245 g/mol. The Hall–Kier alpha value is -1.20. The lowest BCUT2D eigenvalue weighted by Crippen LogP contribution is -2.27. The zero-order valence-corrected chi connectivity index (χ0v) is 10.1. The SMILES string of the molecule is C/C=C1/SC(=S)N(c2ccc(F)cc2)C1=O. The molecule has 0 unspecified atom stereocenters. The van der Waals surface area contributed by atoms with Crippen molar-refractivity contribution < 1.29 is 9.18 Å². The molecule has 2 rings (SSSR count). The zero-order chi connectivity index (χ0) is 11.7. The number of anilines is 1. The summed E-state index contributed by atoms with van der Waals surface area (Å²) in [4.78, 5) is 13.9. The van der Waals surface area contributed by atoms with Crippen LogP contribution in [0.2, 0.25) is 0 Å². The van der Waals surface area contributed by atoms with E-state index in [4.69, 9.17) is 12.2 Å². The van der Waals surface area contributed by atoms with Crippen LogP contribution in [-0.2, 0) is 4.79 Å². The maximum atomic E-state index is 12.8. The summed E-state index contributed by atoms with van der Waals surface area (Å²) in [6.45, 7) is 1.79. The molecule has 5 heteroatoms. The Morgan fingerprint density at radius 1 is 1.38 bits per heavy atom. The van der Waals surface area contributed by atoms with Gasteiger partial charge in [-0.25, -0.2) is 4.39 Å². The number of thiocarbonyl (C=S) groups is 1. The van der Waals surface area contributed by atoms with Crippen LogP contribution in [0.25, 0.3) is 0 Å². The van der Waals surface area contributed by atoms with Crippen molar-refractivity contribution in [1.29, 1.82) is 0 Å². The third kappa shape index (κ3) is 1.88. The van der Waals surface area contributed by atoms with Gasteiger partial charge in [-0.3, -0.25) is 9.69 Å². The second-order valence-corrected chi connectivity index (χ2v) is 4.81. The van der Waals surface area contributed by atoms with Gasteiger partial charge in [0.25, 0.3) is 5.91 Å². The standard InChI is InChI=1S/C11H8FNOS2/c1-2-9-10(14)13(11(15)16-9)8-5-3-7(12)4-6-8/h2-6H,1H3/b9-2+. The van der Waals surface area contributed by atoms with Gasteiger partial charge in [-0.05, 0) is 31.2 Å². The van der Waals surface area contributed by atoms with Crippen LogP contribution in [0.5, 0.6) is 0 Å². The maximum absolute atomic E-state index is 12.8. The number of carbonyl (C=O) groups excluding carboxylic acids is 1. The van der Waals surface area contributed by atoms with Gasteiger partial charge in [-0.1, -0.05) is 30.1 Å². The van der Waals surface area contributed by atoms with Gasteiger partial charge >= 0.3 is 0 Å². The quantitative estimate of drug-likeness (QED) is 0.566. The molecule has 1 aliphatic heterocycles. The maximum Gasteiger partial charge on any atom is 0.270 e. The van der Waals surface area contributed by atoms with E-state index in [1.165, 1.54) is 28.8 Å². The van der Waals surface area contributed by atoms with Gasteiger partial charge < -0.3 is 0 Å². The van der Waals surface area contributed by atoms with E-state index in [2.05, 4.69) is 0 Å². The smallest absolute Gasteiger partial charge is 0.268 e. The Labute approximate surface area is 102 Å². The van der Waals surface area contributed by atoms with E-state index in [0.717, 1.165) is 0 Å². The van der Waals surface area contributed by atoms with E-state index in [1.807, 2.05) is 0 Å². The van der Waals surface area contributed by atoms with E-state index in [-0.39, 0.29) is 11.7 Å². The first-order valence-corrected chi connectivity index (χ1v) is 5.84. The molecule has 16 heavy (non-hydrogen) atoms. The first-order chi connectivity index (χ1) is 7.63. The topological polar surface area (TPSA) is 20.3 Å². The van der Waals surface area contributed by atoms with Crippen molar-refractivity contribution in [2.75, 3.05) is 4.90 Å². The number of allylic oxidation sites excluding steroid dienone is 1. The molecule has 1 amide bonds. The normalized spacial score (nSPS) is 18.6. The molecule has 0 aliphatic carbocycles. The molecule has 0 saturated carbocycles. The van der Waals surface area contributed by atoms with Crippen molar-refractivity contribution in [3.8, 4) is 0 Å². The third-order valence-electron chi connectivity index (χ3n) is 2.14. The molecule has 0 atom stereocenters. The monoisotopic (exact) mass is 253 g/mol. The van der Waals surface area contributed by atoms with Crippen molar-refractivity contribution >= 4 is 39.9 Å². The zero-order valence-electron chi connectivity index (χ0n) is 8.44. The minimum atomic E-state index is -0.333. The molecule has 0 bridgehead atoms. The summed E-state index contributed by atoms with van der Waals surface area (Å²) in [5.41, 5.74) is 0.598. The molecule has 1 aromatic rings. The fraction of sp³-hybridized carbons (Fsp3) is 0.0909. The highest BCUT2D eigenvalue weighted by atomic mass is 32.2. The molecule has 1 aromatic carbocycles. The predicted molar refractivity (Wildman–Crippen MR) is 67.8 cm³/mol. The number of amides is 1. The summed E-state index contributed by atoms with van der Waals surface area (Å²) in [6, 6.07) is 5.70. The van der Waals surface area contributed by atoms with Crippen molar-refractivity contribution in [3.63, 3.8) is 0 Å². The summed E-state index contributed by atoms with van der Waals surface area (Å²) in [7, 11) is 0. The number of rotatable bonds is 1. The van der Waals surface area contributed by atoms with Crippen LogP contribution in [0.1, 0.15) is 6.92 Å². The lowest BCUT2D eigenvalue weighted by atomic mass is 10.3. The van der Waals surface area contributed by atoms with Gasteiger partial charge in [0.2, 0.25) is 0 Å². The molecule has 0 N–H and O–H groups in total. The molecule has 82 valence electrons. The van der Waals surface area contributed by atoms with Crippen LogP contribution in [0, 0.1) is 5.82 Å². The minimum Gasteiger partial charge on any atom is -0.268 e. The molecule has 1 heterocycles. The summed E-state index contributed by atoms with van der Waals surface area (Å²) in [5, 5.41) is 0. The predicted octanol–water partition coefficient (Wildman–Crippen LogP) is 3.09. The molecular formula is C11H8FNOS2. The van der Waals surface area contributed by atoms with Crippen molar-refractivity contribution in [2.24, 2.45) is 0 Å². The average molecular weight is 253 g/mol. The van der Waals surface area contributed by atoms with Crippen molar-refractivity contribution in [3.05, 3.63) is 41.1 Å². The van der Waals surface area contributed by atoms with E-state index in [9.17, 15) is 9.18 Å². The Bertz CT molecular complexity index is 481. The fourth-order valence-electron chi connectivity index (χ4n) is 1.37.